The molecule has 0 radical (unpaired) electrons. The number of halogens is 4. The van der Waals surface area contributed by atoms with Crippen molar-refractivity contribution in [3.8, 4) is 5.75 Å². The summed E-state index contributed by atoms with van der Waals surface area (Å²) in [5.74, 6) is -2.14. The van der Waals surface area contributed by atoms with Crippen LogP contribution in [0.25, 0.3) is 0 Å². The zero-order valence-electron chi connectivity index (χ0n) is 15.1. The molecule has 156 valence electrons. The standard InChI is InChI=1S/C18H16ClF3N2O5/c1-28-14-8-10(17(27,15(25)29-2)18(20,21)22)6-7-13(14)24-16(26)23-12-5-3-4-11(19)9-12/h3-9,27H,1-2H3,(H2,23,24,26). The first-order valence-corrected chi connectivity index (χ1v) is 8.30. The molecule has 2 aromatic rings. The van der Waals surface area contributed by atoms with Gasteiger partial charge in [-0.1, -0.05) is 23.7 Å². The molecule has 0 bridgehead atoms. The number of carbonyl (C=O) groups excluding carboxylic acids is 2. The number of hydrogen-bond acceptors (Lipinski definition) is 5. The lowest BCUT2D eigenvalue weighted by molar-refractivity contribution is -0.266. The molecule has 0 spiro atoms. The number of hydrogen-bond donors (Lipinski definition) is 3. The highest BCUT2D eigenvalue weighted by molar-refractivity contribution is 6.30. The van der Waals surface area contributed by atoms with Crippen molar-refractivity contribution >= 4 is 35.0 Å². The fraction of sp³-hybridized carbons (Fsp3) is 0.222. The summed E-state index contributed by atoms with van der Waals surface area (Å²) < 4.78 is 49.2. The Morgan fingerprint density at radius 3 is 2.31 bits per heavy atom. The second kappa shape index (κ2) is 8.58. The van der Waals surface area contributed by atoms with E-state index < -0.39 is 29.3 Å². The molecule has 0 saturated carbocycles. The van der Waals surface area contributed by atoms with E-state index in [0.717, 1.165) is 25.3 Å². The SMILES string of the molecule is COC(=O)C(O)(c1ccc(NC(=O)Nc2cccc(Cl)c2)c(OC)c1)C(F)(F)F. The van der Waals surface area contributed by atoms with E-state index in [1.807, 2.05) is 0 Å². The van der Waals surface area contributed by atoms with Crippen molar-refractivity contribution < 1.29 is 37.3 Å². The Hall–Kier alpha value is -2.98. The minimum Gasteiger partial charge on any atom is -0.495 e. The van der Waals surface area contributed by atoms with Gasteiger partial charge in [-0.05, 0) is 30.3 Å². The second-order valence-corrected chi connectivity index (χ2v) is 6.14. The van der Waals surface area contributed by atoms with Crippen LogP contribution in [0.4, 0.5) is 29.3 Å². The van der Waals surface area contributed by atoms with E-state index in [2.05, 4.69) is 15.4 Å². The quantitative estimate of drug-likeness (QED) is 0.622. The van der Waals surface area contributed by atoms with E-state index in [0.29, 0.717) is 17.8 Å². The molecule has 0 aliphatic rings. The number of ether oxygens (including phenoxy) is 2. The maximum Gasteiger partial charge on any atom is 0.432 e. The third-order valence-corrected chi connectivity index (χ3v) is 4.08. The van der Waals surface area contributed by atoms with Gasteiger partial charge in [-0.25, -0.2) is 9.59 Å². The van der Waals surface area contributed by atoms with Crippen LogP contribution in [0.15, 0.2) is 42.5 Å². The van der Waals surface area contributed by atoms with Crippen molar-refractivity contribution in [3.63, 3.8) is 0 Å². The Labute approximate surface area is 168 Å². The maximum atomic E-state index is 13.4. The van der Waals surface area contributed by atoms with Gasteiger partial charge in [-0.3, -0.25) is 0 Å². The van der Waals surface area contributed by atoms with Gasteiger partial charge in [0.25, 0.3) is 5.60 Å². The normalized spacial score (nSPS) is 13.2. The molecule has 0 fully saturated rings. The monoisotopic (exact) mass is 432 g/mol. The van der Waals surface area contributed by atoms with Gasteiger partial charge in [0.2, 0.25) is 0 Å². The van der Waals surface area contributed by atoms with E-state index in [1.54, 1.807) is 18.2 Å². The van der Waals surface area contributed by atoms with Crippen LogP contribution in [-0.2, 0) is 15.1 Å². The van der Waals surface area contributed by atoms with Gasteiger partial charge < -0.3 is 25.2 Å². The molecule has 2 aromatic carbocycles. The topological polar surface area (TPSA) is 96.9 Å². The van der Waals surface area contributed by atoms with E-state index in [9.17, 15) is 27.9 Å². The number of nitrogens with one attached hydrogen (secondary N) is 2. The molecule has 0 heterocycles. The zero-order valence-corrected chi connectivity index (χ0v) is 15.9. The first-order valence-electron chi connectivity index (χ1n) is 7.92. The molecule has 0 aliphatic carbocycles. The molecule has 0 aliphatic heterocycles. The molecule has 0 aromatic heterocycles. The number of urea groups is 1. The number of anilines is 2. The van der Waals surface area contributed by atoms with E-state index in [4.69, 9.17) is 16.3 Å². The lowest BCUT2D eigenvalue weighted by atomic mass is 9.92. The number of aliphatic hydroxyl groups is 1. The van der Waals surface area contributed by atoms with Crippen LogP contribution in [0.2, 0.25) is 5.02 Å². The van der Waals surface area contributed by atoms with Crippen LogP contribution in [0, 0.1) is 0 Å². The van der Waals surface area contributed by atoms with Gasteiger partial charge in [0.15, 0.2) is 0 Å². The van der Waals surface area contributed by atoms with Crippen molar-refractivity contribution in [2.24, 2.45) is 0 Å². The Morgan fingerprint density at radius 1 is 1.07 bits per heavy atom. The first kappa shape index (κ1) is 22.3. The average molecular weight is 433 g/mol. The molecule has 0 saturated heterocycles. The number of carbonyl (C=O) groups is 2. The molecule has 1 atom stereocenters. The highest BCUT2D eigenvalue weighted by Gasteiger charge is 2.62. The van der Waals surface area contributed by atoms with Crippen LogP contribution < -0.4 is 15.4 Å². The Balaban J connectivity index is 2.32. The van der Waals surface area contributed by atoms with Crippen molar-refractivity contribution in [3.05, 3.63) is 53.1 Å². The van der Waals surface area contributed by atoms with Gasteiger partial charge in [-0.2, -0.15) is 13.2 Å². The minimum atomic E-state index is -5.36. The Kier molecular flexibility index (Phi) is 6.60. The highest BCUT2D eigenvalue weighted by atomic mass is 35.5. The molecule has 11 heteroatoms. The van der Waals surface area contributed by atoms with Crippen molar-refractivity contribution in [1.82, 2.24) is 0 Å². The van der Waals surface area contributed by atoms with Gasteiger partial charge in [0, 0.05) is 16.3 Å². The summed E-state index contributed by atoms with van der Waals surface area (Å²) in [6.45, 7) is 0. The minimum absolute atomic E-state index is 0.00910. The third-order valence-electron chi connectivity index (χ3n) is 3.84. The average Bonchev–Trinajstić information content (AvgIpc) is 2.66. The van der Waals surface area contributed by atoms with Crippen LogP contribution in [0.3, 0.4) is 0 Å². The van der Waals surface area contributed by atoms with Gasteiger partial charge in [-0.15, -0.1) is 0 Å². The highest BCUT2D eigenvalue weighted by Crippen LogP contribution is 2.42. The maximum absolute atomic E-state index is 13.4. The predicted octanol–water partition coefficient (Wildman–Crippen LogP) is 3.92. The van der Waals surface area contributed by atoms with Crippen LogP contribution >= 0.6 is 11.6 Å². The van der Waals surface area contributed by atoms with Gasteiger partial charge in [0.05, 0.1) is 19.9 Å². The Morgan fingerprint density at radius 2 is 1.76 bits per heavy atom. The summed E-state index contributed by atoms with van der Waals surface area (Å²) in [4.78, 5) is 23.8. The number of methoxy groups -OCH3 is 2. The molecule has 2 amide bonds. The van der Waals surface area contributed by atoms with Crippen molar-refractivity contribution in [1.29, 1.82) is 0 Å². The van der Waals surface area contributed by atoms with E-state index in [1.165, 1.54) is 6.07 Å². The largest absolute Gasteiger partial charge is 0.495 e. The van der Waals surface area contributed by atoms with Crippen LogP contribution in [-0.4, -0.2) is 37.5 Å². The second-order valence-electron chi connectivity index (χ2n) is 5.70. The number of rotatable bonds is 5. The predicted molar refractivity (Wildman–Crippen MR) is 99.1 cm³/mol. The van der Waals surface area contributed by atoms with E-state index in [-0.39, 0.29) is 11.4 Å². The fourth-order valence-corrected chi connectivity index (χ4v) is 2.61. The molecule has 1 unspecified atom stereocenters. The molecule has 29 heavy (non-hydrogen) atoms. The molecule has 2 rings (SSSR count). The van der Waals surface area contributed by atoms with Gasteiger partial charge >= 0.3 is 18.2 Å². The summed E-state index contributed by atoms with van der Waals surface area (Å²) >= 11 is 5.83. The lowest BCUT2D eigenvalue weighted by Crippen LogP contribution is -2.49. The van der Waals surface area contributed by atoms with Crippen molar-refractivity contribution in [2.75, 3.05) is 24.9 Å². The number of amides is 2. The Bertz CT molecular complexity index is 923. The number of esters is 1. The molecule has 3 N–H and O–H groups in total. The lowest BCUT2D eigenvalue weighted by Gasteiger charge is -2.28. The molecule has 7 nitrogen and oxygen atoms in total. The summed E-state index contributed by atoms with van der Waals surface area (Å²) in [5.41, 5.74) is -4.38. The molecular weight excluding hydrogens is 417 g/mol. The summed E-state index contributed by atoms with van der Waals surface area (Å²) in [7, 11) is 1.86. The molecular formula is C18H16ClF3N2O5. The fourth-order valence-electron chi connectivity index (χ4n) is 2.42. The summed E-state index contributed by atoms with van der Waals surface area (Å²) in [6.07, 6.45) is -5.36. The van der Waals surface area contributed by atoms with Crippen molar-refractivity contribution in [2.45, 2.75) is 11.8 Å². The smallest absolute Gasteiger partial charge is 0.432 e. The van der Waals surface area contributed by atoms with Crippen LogP contribution in [0.1, 0.15) is 5.56 Å². The van der Waals surface area contributed by atoms with E-state index >= 15 is 0 Å². The van der Waals surface area contributed by atoms with Gasteiger partial charge in [0.1, 0.15) is 5.75 Å². The zero-order chi connectivity index (χ0) is 21.8. The first-order chi connectivity index (χ1) is 13.5. The summed E-state index contributed by atoms with van der Waals surface area (Å²) in [6, 6.07) is 8.20. The number of benzene rings is 2. The summed E-state index contributed by atoms with van der Waals surface area (Å²) in [5, 5.41) is 15.3. The third kappa shape index (κ3) is 4.72. The van der Waals surface area contributed by atoms with Crippen LogP contribution in [0.5, 0.6) is 5.75 Å². The number of alkyl halides is 3.